The van der Waals surface area contributed by atoms with Crippen LogP contribution in [-0.4, -0.2) is 11.0 Å². The van der Waals surface area contributed by atoms with Crippen molar-refractivity contribution in [2.75, 3.05) is 0 Å². The lowest BCUT2D eigenvalue weighted by atomic mass is 10.1. The number of benzene rings is 1. The van der Waals surface area contributed by atoms with Gasteiger partial charge in [0.15, 0.2) is 0 Å². The Morgan fingerprint density at radius 2 is 1.50 bits per heavy atom. The summed E-state index contributed by atoms with van der Waals surface area (Å²) in [6.07, 6.45) is 0.279. The second kappa shape index (κ2) is 6.63. The molecule has 9 heteroatoms. The fraction of sp³-hybridized carbons (Fsp3) is 0.364. The molecule has 0 heterocycles. The van der Waals surface area contributed by atoms with Gasteiger partial charge in [0.25, 0.3) is 0 Å². The average Bonchev–Trinajstić information content (AvgIpc) is 2.25. The van der Waals surface area contributed by atoms with Crippen molar-refractivity contribution in [2.24, 2.45) is 0 Å². The van der Waals surface area contributed by atoms with Crippen molar-refractivity contribution >= 4 is 23.5 Å². The highest BCUT2D eigenvalue weighted by Crippen LogP contribution is 2.46. The first-order chi connectivity index (χ1) is 9.11. The number of thioether (sulfide) groups is 2. The fourth-order valence-electron chi connectivity index (χ4n) is 1.32. The summed E-state index contributed by atoms with van der Waals surface area (Å²) < 4.78 is 73.9. The van der Waals surface area contributed by atoms with Gasteiger partial charge in [-0.3, -0.25) is 0 Å². The largest absolute Gasteiger partial charge is 0.446 e. The summed E-state index contributed by atoms with van der Waals surface area (Å²) in [5, 5.41) is 8.40. The Kier molecular flexibility index (Phi) is 5.65. The summed E-state index contributed by atoms with van der Waals surface area (Å²) in [4.78, 5) is -1.00. The highest BCUT2D eigenvalue weighted by atomic mass is 32.2. The molecule has 0 aliphatic rings. The minimum Gasteiger partial charge on any atom is -0.198 e. The van der Waals surface area contributed by atoms with E-state index in [9.17, 15) is 26.3 Å². The van der Waals surface area contributed by atoms with E-state index in [1.54, 1.807) is 0 Å². The maximum atomic E-state index is 12.4. The first-order valence-electron chi connectivity index (χ1n) is 5.12. The maximum Gasteiger partial charge on any atom is 0.446 e. The van der Waals surface area contributed by atoms with E-state index < -0.39 is 44.3 Å². The number of hydrogen-bond acceptors (Lipinski definition) is 3. The van der Waals surface area contributed by atoms with Crippen molar-refractivity contribution in [1.29, 1.82) is 5.26 Å². The Morgan fingerprint density at radius 1 is 0.950 bits per heavy atom. The molecule has 1 aromatic rings. The lowest BCUT2D eigenvalue weighted by Crippen LogP contribution is -2.03. The summed E-state index contributed by atoms with van der Waals surface area (Å²) in [6.45, 7) is 0. The summed E-state index contributed by atoms with van der Waals surface area (Å²) in [6, 6.07) is 5.16. The summed E-state index contributed by atoms with van der Waals surface area (Å²) >= 11 is -1.17. The predicted molar refractivity (Wildman–Crippen MR) is 64.2 cm³/mol. The topological polar surface area (TPSA) is 23.8 Å². The molecule has 1 nitrogen and oxygen atoms in total. The van der Waals surface area contributed by atoms with Gasteiger partial charge in [-0.1, -0.05) is 6.07 Å². The second-order valence-electron chi connectivity index (χ2n) is 3.53. The van der Waals surface area contributed by atoms with Gasteiger partial charge in [0.05, 0.1) is 6.07 Å². The van der Waals surface area contributed by atoms with Gasteiger partial charge < -0.3 is 0 Å². The van der Waals surface area contributed by atoms with Crippen molar-refractivity contribution in [3.8, 4) is 6.07 Å². The maximum absolute atomic E-state index is 12.4. The van der Waals surface area contributed by atoms with E-state index >= 15 is 0 Å². The monoisotopic (exact) mass is 331 g/mol. The Morgan fingerprint density at radius 3 is 2.00 bits per heavy atom. The van der Waals surface area contributed by atoms with E-state index in [1.807, 2.05) is 6.07 Å². The first-order valence-corrected chi connectivity index (χ1v) is 6.75. The zero-order valence-corrected chi connectivity index (χ0v) is 11.3. The average molecular weight is 331 g/mol. The molecule has 0 aliphatic carbocycles. The van der Waals surface area contributed by atoms with Gasteiger partial charge in [-0.2, -0.15) is 31.6 Å². The number of alkyl halides is 6. The standard InChI is InChI=1S/C11H7F6NS2/c12-10(13,14)19-8-4-3-7(2-1-5-18)6-9(8)20-11(15,16)17/h3-4,6H,1-2H2. The third-order valence-corrected chi connectivity index (χ3v) is 3.71. The molecule has 20 heavy (non-hydrogen) atoms. The van der Waals surface area contributed by atoms with Crippen LogP contribution in [0.25, 0.3) is 0 Å². The van der Waals surface area contributed by atoms with Crippen molar-refractivity contribution in [1.82, 2.24) is 0 Å². The zero-order chi connectivity index (χ0) is 15.4. The van der Waals surface area contributed by atoms with Gasteiger partial charge in [-0.25, -0.2) is 0 Å². The summed E-state index contributed by atoms with van der Waals surface area (Å²) in [5.74, 6) is 0. The lowest BCUT2D eigenvalue weighted by Gasteiger charge is -2.13. The Labute approximate surface area is 119 Å². The Balaban J connectivity index is 3.07. The van der Waals surface area contributed by atoms with Crippen LogP contribution in [0.4, 0.5) is 26.3 Å². The molecular weight excluding hydrogens is 324 g/mol. The van der Waals surface area contributed by atoms with Crippen LogP contribution < -0.4 is 0 Å². The number of nitrogens with zero attached hydrogens (tertiary/aromatic N) is 1. The van der Waals surface area contributed by atoms with Crippen molar-refractivity contribution in [2.45, 2.75) is 33.6 Å². The normalized spacial score (nSPS) is 12.2. The molecule has 110 valence electrons. The quantitative estimate of drug-likeness (QED) is 0.548. The molecule has 0 spiro atoms. The van der Waals surface area contributed by atoms with E-state index in [-0.39, 0.29) is 12.8 Å². The smallest absolute Gasteiger partial charge is 0.198 e. The van der Waals surface area contributed by atoms with Crippen LogP contribution in [0.1, 0.15) is 12.0 Å². The van der Waals surface area contributed by atoms with Crippen LogP contribution in [0, 0.1) is 11.3 Å². The van der Waals surface area contributed by atoms with Crippen molar-refractivity contribution < 1.29 is 26.3 Å². The number of hydrogen-bond donors (Lipinski definition) is 0. The highest BCUT2D eigenvalue weighted by molar-refractivity contribution is 8.03. The van der Waals surface area contributed by atoms with E-state index in [2.05, 4.69) is 0 Å². The number of aryl methyl sites for hydroxylation is 1. The third kappa shape index (κ3) is 6.43. The minimum atomic E-state index is -4.67. The summed E-state index contributed by atoms with van der Waals surface area (Å²) in [7, 11) is 0. The van der Waals surface area contributed by atoms with Crippen LogP contribution in [-0.2, 0) is 6.42 Å². The van der Waals surface area contributed by atoms with E-state index in [1.165, 1.54) is 6.07 Å². The Bertz CT molecular complexity index is 503. The number of nitriles is 1. The van der Waals surface area contributed by atoms with Crippen LogP contribution in [0.15, 0.2) is 28.0 Å². The van der Waals surface area contributed by atoms with Crippen molar-refractivity contribution in [3.05, 3.63) is 23.8 Å². The van der Waals surface area contributed by atoms with Crippen molar-refractivity contribution in [3.63, 3.8) is 0 Å². The molecule has 0 aromatic heterocycles. The van der Waals surface area contributed by atoms with Gasteiger partial charge in [-0.05, 0) is 47.6 Å². The number of halogens is 6. The molecule has 0 radical (unpaired) electrons. The van der Waals surface area contributed by atoms with Crippen LogP contribution in [0.2, 0.25) is 0 Å². The van der Waals surface area contributed by atoms with Crippen LogP contribution >= 0.6 is 23.5 Å². The molecule has 0 bridgehead atoms. The molecule has 0 amide bonds. The van der Waals surface area contributed by atoms with Gasteiger partial charge in [0, 0.05) is 16.2 Å². The minimum absolute atomic E-state index is 0.0852. The van der Waals surface area contributed by atoms with Crippen LogP contribution in [0.3, 0.4) is 0 Å². The molecule has 0 atom stereocenters. The molecule has 0 aliphatic heterocycles. The van der Waals surface area contributed by atoms with E-state index in [0.29, 0.717) is 5.56 Å². The van der Waals surface area contributed by atoms with Gasteiger partial charge >= 0.3 is 11.0 Å². The third-order valence-electron chi connectivity index (χ3n) is 1.98. The molecule has 0 saturated heterocycles. The predicted octanol–water partition coefficient (Wildman–Crippen LogP) is 5.37. The van der Waals surface area contributed by atoms with E-state index in [4.69, 9.17) is 5.26 Å². The first kappa shape index (κ1) is 17.0. The molecule has 0 fully saturated rings. The molecule has 0 unspecified atom stereocenters. The van der Waals surface area contributed by atoms with Gasteiger partial charge in [0.1, 0.15) is 0 Å². The molecule has 0 N–H and O–H groups in total. The molecular formula is C11H7F6NS2. The Hall–Kier alpha value is -1.01. The second-order valence-corrected chi connectivity index (χ2v) is 5.75. The highest BCUT2D eigenvalue weighted by Gasteiger charge is 2.34. The van der Waals surface area contributed by atoms with E-state index in [0.717, 1.165) is 12.1 Å². The zero-order valence-electron chi connectivity index (χ0n) is 9.68. The molecule has 1 aromatic carbocycles. The number of rotatable bonds is 4. The lowest BCUT2D eigenvalue weighted by molar-refractivity contribution is -0.0346. The fourth-order valence-corrected chi connectivity index (χ4v) is 2.74. The van der Waals surface area contributed by atoms with Crippen LogP contribution in [0.5, 0.6) is 0 Å². The molecule has 0 saturated carbocycles. The van der Waals surface area contributed by atoms with Gasteiger partial charge in [0.2, 0.25) is 0 Å². The SMILES string of the molecule is N#CCCc1ccc(SC(F)(F)F)c(SC(F)(F)F)c1. The summed E-state index contributed by atoms with van der Waals surface area (Å²) in [5.41, 5.74) is -8.94. The van der Waals surface area contributed by atoms with Gasteiger partial charge in [-0.15, -0.1) is 0 Å². The molecule has 1 rings (SSSR count).